The molecule has 1 amide bonds. The molecule has 1 fully saturated rings. The van der Waals surface area contributed by atoms with Crippen LogP contribution in [0.1, 0.15) is 29.2 Å². The molecule has 1 N–H and O–H groups in total. The van der Waals surface area contributed by atoms with Crippen LogP contribution in [0.15, 0.2) is 79.1 Å². The molecular weight excluding hydrogens is 516 g/mol. The minimum atomic E-state index is -0.321. The van der Waals surface area contributed by atoms with Gasteiger partial charge in [0.2, 0.25) is 5.91 Å². The van der Waals surface area contributed by atoms with E-state index in [1.165, 1.54) is 0 Å². The van der Waals surface area contributed by atoms with Crippen LogP contribution < -0.4 is 14.8 Å². The molecule has 1 saturated heterocycles. The number of benzene rings is 3. The summed E-state index contributed by atoms with van der Waals surface area (Å²) in [6.45, 7) is 2.19. The quantitative estimate of drug-likeness (QED) is 0.303. The molecule has 1 aromatic heterocycles. The van der Waals surface area contributed by atoms with Gasteiger partial charge in [-0.3, -0.25) is 9.69 Å². The van der Waals surface area contributed by atoms with Crippen molar-refractivity contribution in [3.63, 3.8) is 0 Å². The maximum absolute atomic E-state index is 13.3. The van der Waals surface area contributed by atoms with E-state index in [2.05, 4.69) is 25.7 Å². The number of carbonyl (C=O) groups excluding carboxylic acids is 1. The predicted octanol–water partition coefficient (Wildman–Crippen LogP) is 4.09. The molecule has 2 atom stereocenters. The lowest BCUT2D eigenvalue weighted by Crippen LogP contribution is -2.43. The second kappa shape index (κ2) is 12.7. The van der Waals surface area contributed by atoms with Gasteiger partial charge in [-0.1, -0.05) is 60.1 Å². The van der Waals surface area contributed by atoms with Gasteiger partial charge in [0.05, 0.1) is 19.2 Å². The summed E-state index contributed by atoms with van der Waals surface area (Å²) in [5.74, 6) is 1.32. The first-order valence-electron chi connectivity index (χ1n) is 12.9. The Morgan fingerprint density at radius 2 is 1.87 bits per heavy atom. The summed E-state index contributed by atoms with van der Waals surface area (Å²) in [6.07, 6.45) is 2.92. The van der Waals surface area contributed by atoms with Gasteiger partial charge in [0.15, 0.2) is 11.5 Å². The molecule has 0 radical (unpaired) electrons. The van der Waals surface area contributed by atoms with E-state index in [0.717, 1.165) is 16.7 Å². The molecule has 1 aliphatic rings. The van der Waals surface area contributed by atoms with Gasteiger partial charge in [-0.05, 0) is 64.2 Å². The summed E-state index contributed by atoms with van der Waals surface area (Å²) < 4.78 is 13.4. The Morgan fingerprint density at radius 1 is 1.03 bits per heavy atom. The molecule has 0 saturated carbocycles. The number of carbonyl (C=O) groups is 1. The summed E-state index contributed by atoms with van der Waals surface area (Å²) in [4.78, 5) is 15.5. The van der Waals surface area contributed by atoms with Crippen LogP contribution in [0.25, 0.3) is 0 Å². The zero-order chi connectivity index (χ0) is 27.0. The lowest BCUT2D eigenvalue weighted by Gasteiger charge is -2.24. The number of tetrazole rings is 1. The van der Waals surface area contributed by atoms with Crippen LogP contribution >= 0.6 is 11.6 Å². The third-order valence-corrected chi connectivity index (χ3v) is 7.11. The van der Waals surface area contributed by atoms with Crippen molar-refractivity contribution in [3.05, 3.63) is 101 Å². The molecule has 202 valence electrons. The van der Waals surface area contributed by atoms with Crippen molar-refractivity contribution in [1.29, 1.82) is 0 Å². The Hall–Kier alpha value is -3.95. The number of rotatable bonds is 11. The van der Waals surface area contributed by atoms with Crippen LogP contribution in [0.5, 0.6) is 11.5 Å². The minimum absolute atomic E-state index is 0.000875. The van der Waals surface area contributed by atoms with E-state index in [4.69, 9.17) is 21.1 Å². The number of aromatic nitrogens is 4. The number of hydrogen-bond donors (Lipinski definition) is 1. The van der Waals surface area contributed by atoms with Crippen molar-refractivity contribution < 1.29 is 14.3 Å². The first-order chi connectivity index (χ1) is 19.1. The molecule has 9 nitrogen and oxygen atoms in total. The number of likely N-dealkylation sites (tertiary alicyclic amines) is 1. The lowest BCUT2D eigenvalue weighted by molar-refractivity contribution is -0.125. The van der Waals surface area contributed by atoms with Gasteiger partial charge in [0, 0.05) is 24.7 Å². The molecule has 1 aliphatic heterocycles. The van der Waals surface area contributed by atoms with Gasteiger partial charge in [0.1, 0.15) is 12.9 Å². The van der Waals surface area contributed by atoms with Crippen LogP contribution in [-0.4, -0.2) is 57.3 Å². The molecule has 5 rings (SSSR count). The molecule has 39 heavy (non-hydrogen) atoms. The van der Waals surface area contributed by atoms with Crippen molar-refractivity contribution in [2.75, 3.05) is 20.2 Å². The molecular formula is C29H31ClN6O3. The molecule has 3 aromatic carbocycles. The van der Waals surface area contributed by atoms with E-state index in [1.54, 1.807) is 18.1 Å². The fourth-order valence-corrected chi connectivity index (χ4v) is 5.11. The van der Waals surface area contributed by atoms with Gasteiger partial charge in [-0.15, -0.1) is 5.10 Å². The van der Waals surface area contributed by atoms with Crippen LogP contribution in [0.3, 0.4) is 0 Å². The predicted molar refractivity (Wildman–Crippen MR) is 148 cm³/mol. The third kappa shape index (κ3) is 6.93. The Bertz CT molecular complexity index is 1370. The summed E-state index contributed by atoms with van der Waals surface area (Å²) in [7, 11) is 1.63. The highest BCUT2D eigenvalue weighted by Gasteiger charge is 2.38. The van der Waals surface area contributed by atoms with Crippen molar-refractivity contribution in [3.8, 4) is 11.5 Å². The first kappa shape index (κ1) is 26.6. The summed E-state index contributed by atoms with van der Waals surface area (Å²) in [5, 5.41) is 15.4. The number of nitrogens with zero attached hydrogens (tertiary/aromatic N) is 5. The van der Waals surface area contributed by atoms with E-state index >= 15 is 0 Å². The molecule has 0 bridgehead atoms. The van der Waals surface area contributed by atoms with Crippen molar-refractivity contribution in [1.82, 2.24) is 30.4 Å². The lowest BCUT2D eigenvalue weighted by atomic mass is 10.1. The second-order valence-electron chi connectivity index (χ2n) is 9.56. The topological polar surface area (TPSA) is 94.4 Å². The van der Waals surface area contributed by atoms with Crippen molar-refractivity contribution in [2.45, 2.75) is 38.1 Å². The Kier molecular flexibility index (Phi) is 8.70. The van der Waals surface area contributed by atoms with E-state index in [-0.39, 0.29) is 18.0 Å². The summed E-state index contributed by atoms with van der Waals surface area (Å²) in [5.41, 5.74) is 3.19. The van der Waals surface area contributed by atoms with Crippen LogP contribution in [-0.2, 0) is 24.4 Å². The average Bonchev–Trinajstić information content (AvgIpc) is 3.63. The van der Waals surface area contributed by atoms with Gasteiger partial charge >= 0.3 is 0 Å². The fourth-order valence-electron chi connectivity index (χ4n) is 4.89. The first-order valence-corrected chi connectivity index (χ1v) is 13.3. The van der Waals surface area contributed by atoms with Gasteiger partial charge in [-0.2, -0.15) is 0 Å². The smallest absolute Gasteiger partial charge is 0.237 e. The molecule has 0 unspecified atom stereocenters. The number of halogens is 1. The maximum Gasteiger partial charge on any atom is 0.237 e. The normalized spacial score (nSPS) is 17.2. The largest absolute Gasteiger partial charge is 0.493 e. The zero-order valence-electron chi connectivity index (χ0n) is 21.7. The van der Waals surface area contributed by atoms with Crippen molar-refractivity contribution in [2.24, 2.45) is 0 Å². The van der Waals surface area contributed by atoms with Gasteiger partial charge < -0.3 is 14.8 Å². The molecule has 0 spiro atoms. The van der Waals surface area contributed by atoms with Gasteiger partial charge in [-0.25, -0.2) is 4.68 Å². The van der Waals surface area contributed by atoms with E-state index in [1.807, 2.05) is 72.8 Å². The number of ether oxygens (including phenoxy) is 2. The number of methoxy groups -OCH3 is 1. The van der Waals surface area contributed by atoms with E-state index < -0.39 is 0 Å². The zero-order valence-corrected chi connectivity index (χ0v) is 22.5. The van der Waals surface area contributed by atoms with Crippen LogP contribution in [0.4, 0.5) is 0 Å². The minimum Gasteiger partial charge on any atom is -0.493 e. The van der Waals surface area contributed by atoms with Crippen LogP contribution in [0, 0.1) is 0 Å². The summed E-state index contributed by atoms with van der Waals surface area (Å²) in [6, 6.07) is 23.3. The molecule has 2 heterocycles. The second-order valence-corrected chi connectivity index (χ2v) is 9.99. The van der Waals surface area contributed by atoms with E-state index in [9.17, 15) is 4.79 Å². The highest BCUT2D eigenvalue weighted by Crippen LogP contribution is 2.32. The van der Waals surface area contributed by atoms with Crippen molar-refractivity contribution >= 4 is 17.5 Å². The molecule has 10 heteroatoms. The highest BCUT2D eigenvalue weighted by atomic mass is 35.5. The average molecular weight is 547 g/mol. The highest BCUT2D eigenvalue weighted by molar-refractivity contribution is 6.30. The van der Waals surface area contributed by atoms with Crippen LogP contribution in [0.2, 0.25) is 5.02 Å². The standard InChI is InChI=1S/C29H31ClN6O3/c1-38-28-15-23(10-11-27(28)39-19-22-6-3-2-4-7-22)17-35-18-25(36-20-32-33-34-36)16-26(35)29(37)31-13-12-21-8-5-9-24(30)14-21/h2-11,14-15,20,25-26H,12-13,16-19H2,1H3,(H,31,37)/t25-,26+/m1/s1. The van der Waals surface area contributed by atoms with E-state index in [0.29, 0.717) is 55.6 Å². The summed E-state index contributed by atoms with van der Waals surface area (Å²) >= 11 is 6.10. The monoisotopic (exact) mass is 546 g/mol. The molecule has 4 aromatic rings. The third-order valence-electron chi connectivity index (χ3n) is 6.88. The SMILES string of the molecule is COc1cc(CN2C[C@H](n3cnnn3)C[C@H]2C(=O)NCCc2cccc(Cl)c2)ccc1OCc1ccccc1. The Balaban J connectivity index is 1.25. The number of amides is 1. The Labute approximate surface area is 232 Å². The fraction of sp³-hybridized carbons (Fsp3) is 0.310. The van der Waals surface area contributed by atoms with Gasteiger partial charge in [0.25, 0.3) is 0 Å². The number of nitrogens with one attached hydrogen (secondary N) is 1. The molecule has 0 aliphatic carbocycles. The number of hydrogen-bond acceptors (Lipinski definition) is 7. The Morgan fingerprint density at radius 3 is 2.64 bits per heavy atom. The maximum atomic E-state index is 13.3.